The van der Waals surface area contributed by atoms with E-state index in [1.807, 2.05) is 24.4 Å². The van der Waals surface area contributed by atoms with E-state index in [9.17, 15) is 9.59 Å². The molecule has 2 saturated carbocycles. The van der Waals surface area contributed by atoms with E-state index >= 15 is 0 Å². The molecule has 5 rings (SSSR count). The number of hydrogen-bond donors (Lipinski definition) is 1. The minimum Gasteiger partial charge on any atom is -0.310 e. The summed E-state index contributed by atoms with van der Waals surface area (Å²) in [5.74, 6) is 1.64. The molecule has 0 saturated heterocycles. The van der Waals surface area contributed by atoms with Crippen LogP contribution in [0.2, 0.25) is 0 Å². The van der Waals surface area contributed by atoms with Crippen molar-refractivity contribution < 1.29 is 9.59 Å². The van der Waals surface area contributed by atoms with Crippen LogP contribution in [-0.2, 0) is 4.79 Å². The summed E-state index contributed by atoms with van der Waals surface area (Å²) in [5.41, 5.74) is 4.13. The van der Waals surface area contributed by atoms with E-state index in [1.165, 1.54) is 25.7 Å². The van der Waals surface area contributed by atoms with Crippen molar-refractivity contribution >= 4 is 28.3 Å². The lowest BCUT2D eigenvalue weighted by atomic mass is 9.92. The van der Waals surface area contributed by atoms with Crippen molar-refractivity contribution in [1.29, 1.82) is 0 Å². The van der Waals surface area contributed by atoms with Gasteiger partial charge in [-0.1, -0.05) is 49.9 Å². The number of pyridine rings is 1. The van der Waals surface area contributed by atoms with Gasteiger partial charge in [-0.05, 0) is 66.0 Å². The molecule has 2 aliphatic rings. The van der Waals surface area contributed by atoms with Gasteiger partial charge in [-0.15, -0.1) is 0 Å². The van der Waals surface area contributed by atoms with Crippen LogP contribution < -0.4 is 5.32 Å². The Morgan fingerprint density at radius 1 is 0.968 bits per heavy atom. The van der Waals surface area contributed by atoms with Gasteiger partial charge in [-0.3, -0.25) is 9.59 Å². The van der Waals surface area contributed by atoms with Crippen molar-refractivity contribution in [3.05, 3.63) is 59.8 Å². The molecule has 1 N–H and O–H groups in total. The summed E-state index contributed by atoms with van der Waals surface area (Å²) in [6.07, 6.45) is 9.32. The number of carbonyl (C=O) groups is 2. The number of anilines is 1. The zero-order valence-corrected chi connectivity index (χ0v) is 18.0. The molecule has 2 fully saturated rings. The molecule has 158 valence electrons. The third-order valence-corrected chi connectivity index (χ3v) is 6.74. The van der Waals surface area contributed by atoms with Crippen LogP contribution in [0.5, 0.6) is 0 Å². The smallest absolute Gasteiger partial charge is 0.228 e. The maximum absolute atomic E-state index is 12.8. The molecule has 0 aliphatic heterocycles. The number of fused-ring (bicyclic) bond motifs is 1. The van der Waals surface area contributed by atoms with Gasteiger partial charge >= 0.3 is 0 Å². The summed E-state index contributed by atoms with van der Waals surface area (Å²) in [6, 6.07) is 14.2. The fourth-order valence-electron chi connectivity index (χ4n) is 4.65. The first-order valence-corrected chi connectivity index (χ1v) is 11.4. The maximum atomic E-state index is 12.8. The predicted molar refractivity (Wildman–Crippen MR) is 124 cm³/mol. The van der Waals surface area contributed by atoms with Crippen molar-refractivity contribution in [1.82, 2.24) is 4.98 Å². The minimum atomic E-state index is 0.0678. The fourth-order valence-corrected chi connectivity index (χ4v) is 4.65. The third kappa shape index (κ3) is 4.39. The van der Waals surface area contributed by atoms with E-state index in [2.05, 4.69) is 41.5 Å². The van der Waals surface area contributed by atoms with Gasteiger partial charge in [0.05, 0.1) is 0 Å². The van der Waals surface area contributed by atoms with Gasteiger partial charge in [0.1, 0.15) is 5.82 Å². The van der Waals surface area contributed by atoms with Crippen LogP contribution in [0.3, 0.4) is 0 Å². The monoisotopic (exact) mass is 412 g/mol. The SMILES string of the molecule is Cc1ccc(C(=O)CC2CCCC2)cc1-c1ccc2cc(NC(=O)C3CC3)ncc2c1. The summed E-state index contributed by atoms with van der Waals surface area (Å²) in [4.78, 5) is 29.3. The standard InChI is InChI=1S/C27H28N2O2/c1-17-6-7-22(25(30)12-18-4-2-3-5-18)14-24(17)21-11-10-20-15-26(28-16-23(20)13-21)29-27(31)19-8-9-19/h6-7,10-11,13-16,18-19H,2-5,8-9,12H2,1H3,(H,28,29,31). The first kappa shape index (κ1) is 19.9. The molecule has 4 heteroatoms. The summed E-state index contributed by atoms with van der Waals surface area (Å²) in [7, 11) is 0. The number of aryl methyl sites for hydroxylation is 1. The number of Topliss-reactive ketones (excluding diaryl/α,β-unsaturated/α-hetero) is 1. The Labute approximate surface area is 183 Å². The lowest BCUT2D eigenvalue weighted by Gasteiger charge is -2.12. The fraction of sp³-hybridized carbons (Fsp3) is 0.370. The first-order chi connectivity index (χ1) is 15.1. The molecule has 3 aromatic rings. The molecule has 1 aromatic heterocycles. The molecule has 0 bridgehead atoms. The molecule has 0 atom stereocenters. The van der Waals surface area contributed by atoms with Gasteiger partial charge in [0.2, 0.25) is 5.91 Å². The Morgan fingerprint density at radius 3 is 2.55 bits per heavy atom. The summed E-state index contributed by atoms with van der Waals surface area (Å²) < 4.78 is 0. The number of rotatable bonds is 6. The number of amides is 1. The lowest BCUT2D eigenvalue weighted by molar-refractivity contribution is -0.117. The lowest BCUT2D eigenvalue weighted by Crippen LogP contribution is -2.14. The molecule has 0 radical (unpaired) electrons. The number of carbonyl (C=O) groups excluding carboxylic acids is 2. The molecule has 2 aromatic carbocycles. The molecule has 2 aliphatic carbocycles. The highest BCUT2D eigenvalue weighted by Crippen LogP contribution is 2.32. The molecule has 0 unspecified atom stereocenters. The second kappa shape index (κ2) is 8.26. The Morgan fingerprint density at radius 2 is 1.77 bits per heavy atom. The van der Waals surface area contributed by atoms with Gasteiger partial charge in [-0.2, -0.15) is 0 Å². The van der Waals surface area contributed by atoms with Gasteiger partial charge in [0.25, 0.3) is 0 Å². The number of nitrogens with zero attached hydrogens (tertiary/aromatic N) is 1. The van der Waals surface area contributed by atoms with Crippen molar-refractivity contribution in [2.24, 2.45) is 11.8 Å². The zero-order chi connectivity index (χ0) is 21.4. The number of aromatic nitrogens is 1. The van der Waals surface area contributed by atoms with Crippen LogP contribution in [0.4, 0.5) is 5.82 Å². The number of ketones is 1. The van der Waals surface area contributed by atoms with Gasteiger partial charge in [-0.25, -0.2) is 4.98 Å². The van der Waals surface area contributed by atoms with Crippen LogP contribution in [-0.4, -0.2) is 16.7 Å². The predicted octanol–water partition coefficient (Wildman–Crippen LogP) is 6.32. The van der Waals surface area contributed by atoms with E-state index in [-0.39, 0.29) is 17.6 Å². The third-order valence-electron chi connectivity index (χ3n) is 6.74. The molecular weight excluding hydrogens is 384 g/mol. The largest absolute Gasteiger partial charge is 0.310 e. The normalized spacial score (nSPS) is 16.5. The molecule has 1 amide bonds. The van der Waals surface area contributed by atoms with Crippen molar-refractivity contribution in [3.63, 3.8) is 0 Å². The Hall–Kier alpha value is -3.01. The molecule has 0 spiro atoms. The zero-order valence-electron chi connectivity index (χ0n) is 18.0. The van der Waals surface area contributed by atoms with E-state index in [0.717, 1.165) is 45.9 Å². The van der Waals surface area contributed by atoms with Gasteiger partial charge in [0, 0.05) is 29.5 Å². The van der Waals surface area contributed by atoms with Crippen LogP contribution in [0.15, 0.2) is 48.7 Å². The van der Waals surface area contributed by atoms with Gasteiger partial charge in [0.15, 0.2) is 5.78 Å². The maximum Gasteiger partial charge on any atom is 0.228 e. The van der Waals surface area contributed by atoms with Gasteiger partial charge < -0.3 is 5.32 Å². The van der Waals surface area contributed by atoms with Crippen molar-refractivity contribution in [2.75, 3.05) is 5.32 Å². The number of benzene rings is 2. The van der Waals surface area contributed by atoms with Crippen molar-refractivity contribution in [3.8, 4) is 11.1 Å². The second-order valence-corrected chi connectivity index (χ2v) is 9.20. The second-order valence-electron chi connectivity index (χ2n) is 9.20. The van der Waals surface area contributed by atoms with Crippen LogP contribution in [0.25, 0.3) is 21.9 Å². The highest BCUT2D eigenvalue weighted by Gasteiger charge is 2.29. The molecule has 1 heterocycles. The number of hydrogen-bond acceptors (Lipinski definition) is 3. The summed E-state index contributed by atoms with van der Waals surface area (Å²) >= 11 is 0. The first-order valence-electron chi connectivity index (χ1n) is 11.4. The average molecular weight is 413 g/mol. The van der Waals surface area contributed by atoms with E-state index in [1.54, 1.807) is 0 Å². The quantitative estimate of drug-likeness (QED) is 0.482. The van der Waals surface area contributed by atoms with Crippen molar-refractivity contribution in [2.45, 2.75) is 51.9 Å². The topological polar surface area (TPSA) is 59.1 Å². The van der Waals surface area contributed by atoms with E-state index in [0.29, 0.717) is 18.2 Å². The van der Waals surface area contributed by atoms with Crippen LogP contribution >= 0.6 is 0 Å². The van der Waals surface area contributed by atoms with Crippen LogP contribution in [0.1, 0.15) is 60.9 Å². The highest BCUT2D eigenvalue weighted by atomic mass is 16.2. The molecular formula is C27H28N2O2. The summed E-state index contributed by atoms with van der Waals surface area (Å²) in [6.45, 7) is 2.08. The Balaban J connectivity index is 1.40. The highest BCUT2D eigenvalue weighted by molar-refractivity contribution is 5.98. The average Bonchev–Trinajstić information content (AvgIpc) is 3.51. The van der Waals surface area contributed by atoms with E-state index < -0.39 is 0 Å². The molecule has 31 heavy (non-hydrogen) atoms. The van der Waals surface area contributed by atoms with E-state index in [4.69, 9.17) is 0 Å². The Kier molecular flexibility index (Phi) is 5.31. The Bertz CT molecular complexity index is 1160. The molecule has 4 nitrogen and oxygen atoms in total. The van der Waals surface area contributed by atoms with Crippen LogP contribution in [0, 0.1) is 18.8 Å². The number of nitrogens with one attached hydrogen (secondary N) is 1. The summed E-state index contributed by atoms with van der Waals surface area (Å²) in [5, 5.41) is 4.97. The minimum absolute atomic E-state index is 0.0678.